The van der Waals surface area contributed by atoms with Gasteiger partial charge in [0.05, 0.1) is 5.56 Å². The van der Waals surface area contributed by atoms with E-state index in [-0.39, 0.29) is 11.4 Å². The van der Waals surface area contributed by atoms with Crippen molar-refractivity contribution in [3.8, 4) is 0 Å². The SMILES string of the molecule is NC(=O)c1ccnc([N+](=O)[O-])c1. The normalized spacial score (nSPS) is 9.33. The summed E-state index contributed by atoms with van der Waals surface area (Å²) in [5.74, 6) is -1.09. The van der Waals surface area contributed by atoms with Gasteiger partial charge in [0.2, 0.25) is 5.91 Å². The van der Waals surface area contributed by atoms with Crippen LogP contribution in [0.3, 0.4) is 0 Å². The van der Waals surface area contributed by atoms with Crippen molar-refractivity contribution in [3.63, 3.8) is 0 Å². The van der Waals surface area contributed by atoms with Crippen LogP contribution in [0.1, 0.15) is 10.4 Å². The zero-order valence-electron chi connectivity index (χ0n) is 5.93. The monoisotopic (exact) mass is 167 g/mol. The minimum Gasteiger partial charge on any atom is -0.366 e. The van der Waals surface area contributed by atoms with Crippen LogP contribution >= 0.6 is 0 Å². The van der Waals surface area contributed by atoms with Gasteiger partial charge in [0.1, 0.15) is 6.20 Å². The van der Waals surface area contributed by atoms with Crippen LogP contribution in [0.25, 0.3) is 0 Å². The minimum absolute atomic E-state index is 0.0803. The summed E-state index contributed by atoms with van der Waals surface area (Å²) in [7, 11) is 0. The molecule has 0 aromatic carbocycles. The maximum absolute atomic E-state index is 10.5. The van der Waals surface area contributed by atoms with E-state index in [4.69, 9.17) is 5.73 Å². The van der Waals surface area contributed by atoms with Gasteiger partial charge in [-0.05, 0) is 16.0 Å². The van der Waals surface area contributed by atoms with Crippen molar-refractivity contribution in [1.29, 1.82) is 0 Å². The number of amides is 1. The number of pyridine rings is 1. The average molecular weight is 167 g/mol. The van der Waals surface area contributed by atoms with E-state index in [1.807, 2.05) is 0 Å². The Balaban J connectivity index is 3.12. The molecule has 6 heteroatoms. The van der Waals surface area contributed by atoms with E-state index in [1.54, 1.807) is 0 Å². The van der Waals surface area contributed by atoms with E-state index in [0.29, 0.717) is 0 Å². The molecule has 0 saturated carbocycles. The third-order valence-electron chi connectivity index (χ3n) is 1.22. The lowest BCUT2D eigenvalue weighted by Gasteiger charge is -1.93. The van der Waals surface area contributed by atoms with Crippen LogP contribution in [0.2, 0.25) is 0 Å². The first-order chi connectivity index (χ1) is 5.61. The molecule has 1 aromatic rings. The van der Waals surface area contributed by atoms with E-state index >= 15 is 0 Å². The van der Waals surface area contributed by atoms with Crippen molar-refractivity contribution in [3.05, 3.63) is 34.0 Å². The van der Waals surface area contributed by atoms with Gasteiger partial charge in [-0.2, -0.15) is 0 Å². The van der Waals surface area contributed by atoms with Crippen LogP contribution in [0.4, 0.5) is 5.82 Å². The molecule has 6 nitrogen and oxygen atoms in total. The molecule has 0 unspecified atom stereocenters. The number of nitro groups is 1. The summed E-state index contributed by atoms with van der Waals surface area (Å²) in [4.78, 5) is 23.4. The van der Waals surface area contributed by atoms with Crippen LogP contribution in [0.5, 0.6) is 0 Å². The summed E-state index contributed by atoms with van der Waals surface area (Å²) in [6.45, 7) is 0. The molecule has 0 aliphatic heterocycles. The number of nitrogens with two attached hydrogens (primary N) is 1. The molecule has 2 N–H and O–H groups in total. The lowest BCUT2D eigenvalue weighted by molar-refractivity contribution is -0.389. The van der Waals surface area contributed by atoms with Crippen molar-refractivity contribution in [2.75, 3.05) is 0 Å². The standard InChI is InChI=1S/C6H5N3O3/c7-6(10)4-1-2-8-5(3-4)9(11)12/h1-3H,(H2,7,10). The number of carbonyl (C=O) groups is 1. The van der Waals surface area contributed by atoms with Crippen molar-refractivity contribution in [2.24, 2.45) is 5.73 Å². The number of aromatic nitrogens is 1. The Bertz CT molecular complexity index is 307. The molecule has 0 saturated heterocycles. The fourth-order valence-corrected chi connectivity index (χ4v) is 0.672. The summed E-state index contributed by atoms with van der Waals surface area (Å²) in [5.41, 5.74) is 4.97. The molecule has 0 aliphatic rings. The Hall–Kier alpha value is -1.98. The first-order valence-electron chi connectivity index (χ1n) is 3.01. The lowest BCUT2D eigenvalue weighted by atomic mass is 10.2. The zero-order chi connectivity index (χ0) is 9.14. The van der Waals surface area contributed by atoms with Crippen molar-refractivity contribution in [2.45, 2.75) is 0 Å². The fourth-order valence-electron chi connectivity index (χ4n) is 0.672. The first-order valence-corrected chi connectivity index (χ1v) is 3.01. The van der Waals surface area contributed by atoms with Crippen LogP contribution in [0, 0.1) is 10.1 Å². The van der Waals surface area contributed by atoms with E-state index < -0.39 is 10.8 Å². The molecular formula is C6H5N3O3. The highest BCUT2D eigenvalue weighted by molar-refractivity contribution is 5.93. The fraction of sp³-hybridized carbons (Fsp3) is 0. The number of carbonyl (C=O) groups excluding carboxylic acids is 1. The summed E-state index contributed by atoms with van der Waals surface area (Å²) in [6, 6.07) is 2.34. The molecule has 0 aliphatic carbocycles. The maximum Gasteiger partial charge on any atom is 0.364 e. The van der Waals surface area contributed by atoms with Gasteiger partial charge >= 0.3 is 5.82 Å². The van der Waals surface area contributed by atoms with Gasteiger partial charge in [0.25, 0.3) is 0 Å². The topological polar surface area (TPSA) is 99.1 Å². The Morgan fingerprint density at radius 2 is 2.33 bits per heavy atom. The Morgan fingerprint density at radius 3 is 2.83 bits per heavy atom. The summed E-state index contributed by atoms with van der Waals surface area (Å²) >= 11 is 0. The molecule has 1 rings (SSSR count). The third kappa shape index (κ3) is 1.54. The molecule has 1 amide bonds. The van der Waals surface area contributed by atoms with E-state index in [0.717, 1.165) is 12.3 Å². The molecule has 0 spiro atoms. The van der Waals surface area contributed by atoms with Crippen LogP contribution < -0.4 is 5.73 Å². The Kier molecular flexibility index (Phi) is 2.00. The summed E-state index contributed by atoms with van der Waals surface area (Å²) < 4.78 is 0. The van der Waals surface area contributed by atoms with Crippen molar-refractivity contribution in [1.82, 2.24) is 4.98 Å². The summed E-state index contributed by atoms with van der Waals surface area (Å²) in [5, 5.41) is 10.2. The Labute approximate surface area is 67.2 Å². The number of hydrogen-bond acceptors (Lipinski definition) is 4. The van der Waals surface area contributed by atoms with Crippen molar-refractivity contribution >= 4 is 11.7 Å². The van der Waals surface area contributed by atoms with Gasteiger partial charge in [-0.3, -0.25) is 4.79 Å². The molecule has 0 bridgehead atoms. The minimum atomic E-state index is -0.708. The van der Waals surface area contributed by atoms with Crippen molar-refractivity contribution < 1.29 is 9.72 Å². The number of rotatable bonds is 2. The van der Waals surface area contributed by atoms with Crippen LogP contribution in [-0.2, 0) is 0 Å². The average Bonchev–Trinajstić information content (AvgIpc) is 2.04. The zero-order valence-corrected chi connectivity index (χ0v) is 5.93. The number of hydrogen-bond donors (Lipinski definition) is 1. The highest BCUT2D eigenvalue weighted by atomic mass is 16.6. The Morgan fingerprint density at radius 1 is 1.67 bits per heavy atom. The van der Waals surface area contributed by atoms with Gasteiger partial charge in [-0.1, -0.05) is 0 Å². The van der Waals surface area contributed by atoms with Crippen LogP contribution in [-0.4, -0.2) is 15.8 Å². The van der Waals surface area contributed by atoms with Gasteiger partial charge in [0, 0.05) is 6.07 Å². The van der Waals surface area contributed by atoms with Gasteiger partial charge in [-0.15, -0.1) is 0 Å². The second-order valence-corrected chi connectivity index (χ2v) is 2.02. The van der Waals surface area contributed by atoms with Crippen LogP contribution in [0.15, 0.2) is 18.3 Å². The van der Waals surface area contributed by atoms with Gasteiger partial charge in [0.15, 0.2) is 0 Å². The highest BCUT2D eigenvalue weighted by Crippen LogP contribution is 2.07. The van der Waals surface area contributed by atoms with E-state index in [1.165, 1.54) is 6.07 Å². The number of primary amides is 1. The summed E-state index contributed by atoms with van der Waals surface area (Å²) in [6.07, 6.45) is 1.16. The largest absolute Gasteiger partial charge is 0.366 e. The highest BCUT2D eigenvalue weighted by Gasteiger charge is 2.09. The van der Waals surface area contributed by atoms with E-state index in [2.05, 4.69) is 4.98 Å². The second-order valence-electron chi connectivity index (χ2n) is 2.02. The molecule has 0 radical (unpaired) electrons. The molecule has 0 atom stereocenters. The maximum atomic E-state index is 10.5. The molecule has 62 valence electrons. The molecule has 0 fully saturated rings. The predicted molar refractivity (Wildman–Crippen MR) is 39.4 cm³/mol. The first kappa shape index (κ1) is 8.12. The number of nitrogens with zero attached hydrogens (tertiary/aromatic N) is 2. The molecular weight excluding hydrogens is 162 g/mol. The smallest absolute Gasteiger partial charge is 0.364 e. The molecule has 12 heavy (non-hydrogen) atoms. The van der Waals surface area contributed by atoms with E-state index in [9.17, 15) is 14.9 Å². The molecule has 1 heterocycles. The predicted octanol–water partition coefficient (Wildman–Crippen LogP) is 0.0887. The second kappa shape index (κ2) is 2.95. The lowest BCUT2D eigenvalue weighted by Crippen LogP contribution is -2.11. The van der Waals surface area contributed by atoms with Gasteiger partial charge < -0.3 is 15.8 Å². The van der Waals surface area contributed by atoms with Gasteiger partial charge in [-0.25, -0.2) is 0 Å². The molecule has 1 aromatic heterocycles. The quantitative estimate of drug-likeness (QED) is 0.498. The third-order valence-corrected chi connectivity index (χ3v) is 1.22.